The first kappa shape index (κ1) is 20.0. The first-order chi connectivity index (χ1) is 13.0. The molecule has 0 heterocycles. The fourth-order valence-corrected chi connectivity index (χ4v) is 2.91. The summed E-state index contributed by atoms with van der Waals surface area (Å²) in [6, 6.07) is 13.7. The number of aliphatic imine (C=N–C) groups is 1. The van der Waals surface area contributed by atoms with Crippen molar-refractivity contribution in [3.63, 3.8) is 0 Å². The van der Waals surface area contributed by atoms with Crippen LogP contribution in [-0.2, 0) is 27.2 Å². The van der Waals surface area contributed by atoms with E-state index in [-0.39, 0.29) is 25.1 Å². The molecule has 0 aromatic heterocycles. The van der Waals surface area contributed by atoms with Gasteiger partial charge in [0.05, 0.1) is 5.69 Å². The molecule has 2 aromatic carbocycles. The van der Waals surface area contributed by atoms with E-state index in [4.69, 9.17) is 16.2 Å². The van der Waals surface area contributed by atoms with E-state index >= 15 is 0 Å². The van der Waals surface area contributed by atoms with Gasteiger partial charge >= 0.3 is 5.97 Å². The average Bonchev–Trinajstić information content (AvgIpc) is 2.66. The zero-order valence-electron chi connectivity index (χ0n) is 15.3. The Labute approximate surface area is 158 Å². The standard InChI is InChI=1S/C20H24N4O3/c1-2-17-14(9-10-19(26)27-13-23-12-25)5-4-8-18(17)15-6-3-7-16(11-15)24-20(21)22/h3-8,11-12H,2,9-10,13H2,1H3,(H,23,25)(H4,21,22,24). The van der Waals surface area contributed by atoms with Crippen LogP contribution in [0.15, 0.2) is 47.5 Å². The molecule has 5 N–H and O–H groups in total. The zero-order chi connectivity index (χ0) is 19.6. The van der Waals surface area contributed by atoms with Crippen LogP contribution >= 0.6 is 0 Å². The van der Waals surface area contributed by atoms with Crippen LogP contribution in [0, 0.1) is 0 Å². The molecular weight excluding hydrogens is 344 g/mol. The number of esters is 1. The highest BCUT2D eigenvalue weighted by atomic mass is 16.5. The molecule has 0 saturated heterocycles. The van der Waals surface area contributed by atoms with Crippen LogP contribution < -0.4 is 16.8 Å². The van der Waals surface area contributed by atoms with Gasteiger partial charge in [-0.25, -0.2) is 4.99 Å². The molecule has 0 bridgehead atoms. The number of nitrogens with one attached hydrogen (secondary N) is 1. The summed E-state index contributed by atoms with van der Waals surface area (Å²) in [6.45, 7) is 1.97. The summed E-state index contributed by atoms with van der Waals surface area (Å²) in [7, 11) is 0. The van der Waals surface area contributed by atoms with Gasteiger partial charge in [0.25, 0.3) is 0 Å². The molecule has 1 amide bonds. The van der Waals surface area contributed by atoms with E-state index in [1.165, 1.54) is 0 Å². The number of ether oxygens (including phenoxy) is 1. The topological polar surface area (TPSA) is 120 Å². The third-order valence-corrected chi connectivity index (χ3v) is 4.04. The molecule has 0 saturated carbocycles. The summed E-state index contributed by atoms with van der Waals surface area (Å²) in [5.74, 6) is -0.342. The van der Waals surface area contributed by atoms with Crippen LogP contribution in [0.3, 0.4) is 0 Å². The van der Waals surface area contributed by atoms with Gasteiger partial charge in [-0.15, -0.1) is 0 Å². The van der Waals surface area contributed by atoms with E-state index in [9.17, 15) is 9.59 Å². The minimum absolute atomic E-state index is 0.0131. The molecule has 0 aliphatic rings. The molecule has 0 spiro atoms. The molecule has 0 radical (unpaired) electrons. The lowest BCUT2D eigenvalue weighted by Gasteiger charge is -2.14. The molecule has 0 unspecified atom stereocenters. The van der Waals surface area contributed by atoms with Crippen molar-refractivity contribution in [1.29, 1.82) is 0 Å². The average molecular weight is 368 g/mol. The molecular formula is C20H24N4O3. The monoisotopic (exact) mass is 368 g/mol. The summed E-state index contributed by atoms with van der Waals surface area (Å²) < 4.78 is 4.93. The third kappa shape index (κ3) is 5.85. The van der Waals surface area contributed by atoms with Crippen molar-refractivity contribution in [1.82, 2.24) is 5.32 Å². The second-order valence-electron chi connectivity index (χ2n) is 5.87. The largest absolute Gasteiger partial charge is 0.444 e. The first-order valence-corrected chi connectivity index (χ1v) is 8.68. The number of amides is 1. The van der Waals surface area contributed by atoms with Gasteiger partial charge in [-0.2, -0.15) is 0 Å². The van der Waals surface area contributed by atoms with Crippen molar-refractivity contribution in [2.24, 2.45) is 16.5 Å². The van der Waals surface area contributed by atoms with Crippen molar-refractivity contribution in [2.75, 3.05) is 6.73 Å². The fraction of sp³-hybridized carbons (Fsp3) is 0.250. The zero-order valence-corrected chi connectivity index (χ0v) is 15.3. The number of carbonyl (C=O) groups is 2. The minimum atomic E-state index is -0.355. The van der Waals surface area contributed by atoms with Gasteiger partial charge in [0, 0.05) is 6.42 Å². The Morgan fingerprint density at radius 3 is 2.70 bits per heavy atom. The fourth-order valence-electron chi connectivity index (χ4n) is 2.91. The van der Waals surface area contributed by atoms with Crippen LogP contribution in [0.2, 0.25) is 0 Å². The predicted molar refractivity (Wildman–Crippen MR) is 105 cm³/mol. The van der Waals surface area contributed by atoms with E-state index in [0.29, 0.717) is 18.5 Å². The second kappa shape index (κ2) is 9.96. The molecule has 0 fully saturated rings. The van der Waals surface area contributed by atoms with Gasteiger partial charge in [-0.05, 0) is 47.2 Å². The number of aryl methyl sites for hydroxylation is 1. The summed E-state index contributed by atoms with van der Waals surface area (Å²) in [5.41, 5.74) is 16.0. The van der Waals surface area contributed by atoms with Gasteiger partial charge in [0.1, 0.15) is 0 Å². The van der Waals surface area contributed by atoms with E-state index in [2.05, 4.69) is 17.2 Å². The van der Waals surface area contributed by atoms with Crippen molar-refractivity contribution < 1.29 is 14.3 Å². The van der Waals surface area contributed by atoms with Gasteiger partial charge < -0.3 is 21.5 Å². The number of hydrogen-bond acceptors (Lipinski definition) is 4. The Hall–Kier alpha value is -3.35. The van der Waals surface area contributed by atoms with Gasteiger partial charge in [0.15, 0.2) is 12.7 Å². The highest BCUT2D eigenvalue weighted by molar-refractivity contribution is 5.80. The Bertz CT molecular complexity index is 830. The SMILES string of the molecule is CCc1c(CCC(=O)OCNC=O)cccc1-c1cccc(N=C(N)N)c1. The number of nitrogens with zero attached hydrogens (tertiary/aromatic N) is 1. The van der Waals surface area contributed by atoms with Crippen molar-refractivity contribution in [3.8, 4) is 11.1 Å². The van der Waals surface area contributed by atoms with Crippen molar-refractivity contribution in [3.05, 3.63) is 53.6 Å². The molecule has 7 heteroatoms. The van der Waals surface area contributed by atoms with Crippen molar-refractivity contribution in [2.45, 2.75) is 26.2 Å². The highest BCUT2D eigenvalue weighted by Crippen LogP contribution is 2.30. The molecule has 0 aliphatic heterocycles. The number of benzene rings is 2. The molecule has 2 aromatic rings. The van der Waals surface area contributed by atoms with Gasteiger partial charge in [-0.3, -0.25) is 9.59 Å². The Balaban J connectivity index is 2.22. The summed E-state index contributed by atoms with van der Waals surface area (Å²) in [4.78, 5) is 26.1. The summed E-state index contributed by atoms with van der Waals surface area (Å²) >= 11 is 0. The van der Waals surface area contributed by atoms with E-state index in [1.54, 1.807) is 0 Å². The minimum Gasteiger partial charge on any atom is -0.444 e. The van der Waals surface area contributed by atoms with Crippen molar-refractivity contribution >= 4 is 24.0 Å². The van der Waals surface area contributed by atoms with E-state index in [0.717, 1.165) is 28.7 Å². The molecule has 0 aliphatic carbocycles. The van der Waals surface area contributed by atoms with E-state index in [1.807, 2.05) is 42.5 Å². The Morgan fingerprint density at radius 2 is 2.00 bits per heavy atom. The lowest BCUT2D eigenvalue weighted by Crippen LogP contribution is -2.21. The van der Waals surface area contributed by atoms with E-state index < -0.39 is 0 Å². The lowest BCUT2D eigenvalue weighted by atomic mass is 9.91. The van der Waals surface area contributed by atoms with Crippen LogP contribution in [0.25, 0.3) is 11.1 Å². The number of carbonyl (C=O) groups excluding carboxylic acids is 2. The van der Waals surface area contributed by atoms with Crippen LogP contribution in [0.4, 0.5) is 5.69 Å². The number of nitrogens with two attached hydrogens (primary N) is 2. The Kier molecular flexibility index (Phi) is 7.37. The first-order valence-electron chi connectivity index (χ1n) is 8.68. The predicted octanol–water partition coefficient (Wildman–Crippen LogP) is 2.00. The molecule has 0 atom stereocenters. The van der Waals surface area contributed by atoms with Gasteiger partial charge in [-0.1, -0.05) is 37.3 Å². The lowest BCUT2D eigenvalue weighted by molar-refractivity contribution is -0.144. The van der Waals surface area contributed by atoms with Crippen LogP contribution in [0.1, 0.15) is 24.5 Å². The summed E-state index contributed by atoms with van der Waals surface area (Å²) in [5, 5.41) is 2.30. The molecule has 142 valence electrons. The number of rotatable bonds is 9. The second-order valence-corrected chi connectivity index (χ2v) is 5.87. The normalized spacial score (nSPS) is 10.1. The summed E-state index contributed by atoms with van der Waals surface area (Å²) in [6.07, 6.45) is 2.11. The highest BCUT2D eigenvalue weighted by Gasteiger charge is 2.11. The van der Waals surface area contributed by atoms with Gasteiger partial charge in [0.2, 0.25) is 6.41 Å². The smallest absolute Gasteiger partial charge is 0.307 e. The third-order valence-electron chi connectivity index (χ3n) is 4.04. The maximum Gasteiger partial charge on any atom is 0.307 e. The molecule has 2 rings (SSSR count). The molecule has 27 heavy (non-hydrogen) atoms. The number of hydrogen-bond donors (Lipinski definition) is 3. The maximum atomic E-state index is 11.8. The molecule has 7 nitrogen and oxygen atoms in total. The van der Waals surface area contributed by atoms with Crippen LogP contribution in [0.5, 0.6) is 0 Å². The maximum absolute atomic E-state index is 11.8. The number of guanidine groups is 1. The van der Waals surface area contributed by atoms with Crippen LogP contribution in [-0.4, -0.2) is 25.1 Å². The quantitative estimate of drug-likeness (QED) is 0.156. The Morgan fingerprint density at radius 1 is 1.22 bits per heavy atom.